The summed E-state index contributed by atoms with van der Waals surface area (Å²) in [7, 11) is -4.78. The minimum Gasteiger partial charge on any atom is -0.462 e. The molecule has 10 heteroatoms. The number of allylic oxidation sites excluding steroid dienone is 7. The molecule has 0 aliphatic rings. The van der Waals surface area contributed by atoms with Gasteiger partial charge in [-0.05, 0) is 57.3 Å². The van der Waals surface area contributed by atoms with Gasteiger partial charge in [0.05, 0.1) is 12.7 Å². The largest absolute Gasteiger partial charge is 0.469 e. The number of carbonyl (C=O) groups excluding carboxylic acids is 2. The van der Waals surface area contributed by atoms with Crippen molar-refractivity contribution >= 4 is 19.8 Å². The van der Waals surface area contributed by atoms with Crippen LogP contribution in [0.4, 0.5) is 0 Å². The van der Waals surface area contributed by atoms with Crippen molar-refractivity contribution in [2.24, 2.45) is 5.92 Å². The third kappa shape index (κ3) is 41.0. The average molecular weight is 769 g/mol. The van der Waals surface area contributed by atoms with Gasteiger partial charge in [0, 0.05) is 12.8 Å². The predicted molar refractivity (Wildman–Crippen MR) is 217 cm³/mol. The van der Waals surface area contributed by atoms with Crippen LogP contribution < -0.4 is 0 Å². The zero-order valence-corrected chi connectivity index (χ0v) is 34.6. The highest BCUT2D eigenvalue weighted by Crippen LogP contribution is 2.36. The minimum atomic E-state index is -4.78. The molecule has 0 spiro atoms. The maximum atomic E-state index is 12.4. The third-order valence-corrected chi connectivity index (χ3v) is 9.32. The molecule has 0 fully saturated rings. The molecule has 0 aliphatic carbocycles. The summed E-state index contributed by atoms with van der Waals surface area (Å²) in [5.74, 6) is -0.142. The maximum Gasteiger partial charge on any atom is 0.469 e. The molecule has 0 saturated carbocycles. The molecule has 0 amide bonds. The fraction of sp³-hybridized carbons (Fsp3) is 0.767. The van der Waals surface area contributed by atoms with E-state index in [0.717, 1.165) is 50.9 Å². The molecule has 3 N–H and O–H groups in total. The first-order valence-electron chi connectivity index (χ1n) is 20.9. The first-order valence-corrected chi connectivity index (χ1v) is 22.4. The van der Waals surface area contributed by atoms with E-state index in [9.17, 15) is 19.3 Å². The Morgan fingerprint density at radius 3 is 1.58 bits per heavy atom. The van der Waals surface area contributed by atoms with Crippen LogP contribution >= 0.6 is 7.82 Å². The monoisotopic (exact) mass is 769 g/mol. The number of hydrogen-bond acceptors (Lipinski definition) is 7. The van der Waals surface area contributed by atoms with Crippen LogP contribution in [0.25, 0.3) is 0 Å². The van der Waals surface area contributed by atoms with Crippen molar-refractivity contribution in [3.8, 4) is 0 Å². The summed E-state index contributed by atoms with van der Waals surface area (Å²) < 4.78 is 26.3. The normalized spacial score (nSPS) is 13.6. The number of phosphoric ester groups is 1. The van der Waals surface area contributed by atoms with Crippen LogP contribution in [0.3, 0.4) is 0 Å². The van der Waals surface area contributed by atoms with Crippen LogP contribution in [0.5, 0.6) is 0 Å². The van der Waals surface area contributed by atoms with Gasteiger partial charge in [0.15, 0.2) is 6.10 Å². The van der Waals surface area contributed by atoms with Gasteiger partial charge in [0.2, 0.25) is 0 Å². The fourth-order valence-electron chi connectivity index (χ4n) is 5.74. The lowest BCUT2D eigenvalue weighted by molar-refractivity contribution is -0.161. The van der Waals surface area contributed by atoms with Crippen LogP contribution in [-0.2, 0) is 28.2 Å². The van der Waals surface area contributed by atoms with E-state index >= 15 is 0 Å². The van der Waals surface area contributed by atoms with Gasteiger partial charge in [0.25, 0.3) is 0 Å². The molecular weight excluding hydrogens is 691 g/mol. The van der Waals surface area contributed by atoms with Crippen molar-refractivity contribution in [1.29, 1.82) is 0 Å². The number of unbranched alkanes of at least 4 members (excludes halogenated alkanes) is 14. The van der Waals surface area contributed by atoms with Crippen molar-refractivity contribution in [2.45, 2.75) is 193 Å². The lowest BCUT2D eigenvalue weighted by atomic mass is 10.0. The van der Waals surface area contributed by atoms with Crippen LogP contribution in [0.2, 0.25) is 0 Å². The summed E-state index contributed by atoms with van der Waals surface area (Å²) in [5, 5.41) is 9.70. The molecule has 0 rings (SSSR count). The van der Waals surface area contributed by atoms with E-state index in [4.69, 9.17) is 19.3 Å². The number of carbonyl (C=O) groups is 2. The second-order valence-corrected chi connectivity index (χ2v) is 15.9. The average Bonchev–Trinajstić information content (AvgIpc) is 3.10. The van der Waals surface area contributed by atoms with Crippen molar-refractivity contribution in [2.75, 3.05) is 13.2 Å². The molecule has 0 aliphatic heterocycles. The molecule has 0 aromatic heterocycles. The number of aliphatic hydroxyl groups excluding tert-OH is 1. The zero-order valence-electron chi connectivity index (χ0n) is 33.7. The van der Waals surface area contributed by atoms with Crippen LogP contribution in [0.15, 0.2) is 48.6 Å². The lowest BCUT2D eigenvalue weighted by Gasteiger charge is -2.18. The summed E-state index contributed by atoms with van der Waals surface area (Å²) >= 11 is 0. The van der Waals surface area contributed by atoms with Gasteiger partial charge in [0.1, 0.15) is 6.61 Å². The number of ether oxygens (including phenoxy) is 2. The Bertz CT molecular complexity index is 1030. The summed E-state index contributed by atoms with van der Waals surface area (Å²) in [6.07, 6.45) is 40.5. The van der Waals surface area contributed by atoms with Crippen LogP contribution in [0.1, 0.15) is 181 Å². The Kier molecular flexibility index (Phi) is 35.5. The minimum absolute atomic E-state index is 0.121. The van der Waals surface area contributed by atoms with Crippen molar-refractivity contribution in [3.63, 3.8) is 0 Å². The molecule has 0 saturated heterocycles. The highest BCUT2D eigenvalue weighted by molar-refractivity contribution is 7.46. The molecule has 2 atom stereocenters. The van der Waals surface area contributed by atoms with Gasteiger partial charge < -0.3 is 24.4 Å². The van der Waals surface area contributed by atoms with Crippen molar-refractivity contribution in [1.82, 2.24) is 0 Å². The third-order valence-electron chi connectivity index (χ3n) is 8.83. The Morgan fingerprint density at radius 1 is 0.604 bits per heavy atom. The number of aliphatic hydroxyl groups is 1. The number of rotatable bonds is 37. The number of esters is 2. The number of phosphoric acid groups is 1. The van der Waals surface area contributed by atoms with Gasteiger partial charge >= 0.3 is 19.8 Å². The molecule has 308 valence electrons. The Hall–Kier alpha value is -2.03. The van der Waals surface area contributed by atoms with Gasteiger partial charge in [-0.1, -0.05) is 166 Å². The van der Waals surface area contributed by atoms with Gasteiger partial charge in [-0.2, -0.15) is 0 Å². The van der Waals surface area contributed by atoms with E-state index < -0.39 is 32.5 Å². The van der Waals surface area contributed by atoms with Gasteiger partial charge in [-0.25, -0.2) is 4.57 Å². The standard InChI is InChI=1S/C43H77O9P/c1-4-32-40(44)34-29-25-21-17-13-9-7-11-15-19-23-27-31-36-43(46)52-41(38-51-53(47,48)49)37-50-42(45)35-30-26-22-18-14-10-6-5-8-12-16-20-24-28-33-39(2)3/h7,11,13,17,19,23,25,29,39-41,44H,4-6,8-10,12,14-16,18,20-22,24,26-28,30-38H2,1-3H3,(H2,47,48,49)/b11-7-,17-13-,23-19-,29-25-/t40?,41-/m1/s1. The van der Waals surface area contributed by atoms with E-state index in [1.165, 1.54) is 77.0 Å². The smallest absolute Gasteiger partial charge is 0.462 e. The van der Waals surface area contributed by atoms with E-state index in [1.54, 1.807) is 0 Å². The van der Waals surface area contributed by atoms with Crippen molar-refractivity contribution in [3.05, 3.63) is 48.6 Å². The summed E-state index contributed by atoms with van der Waals surface area (Å²) in [6, 6.07) is 0. The van der Waals surface area contributed by atoms with Gasteiger partial charge in [-0.3, -0.25) is 14.1 Å². The quantitative estimate of drug-likeness (QED) is 0.0244. The zero-order chi connectivity index (χ0) is 39.3. The van der Waals surface area contributed by atoms with Crippen LogP contribution in [0, 0.1) is 5.92 Å². The number of hydrogen-bond donors (Lipinski definition) is 3. The molecule has 0 aromatic rings. The SMILES string of the molecule is CCCC(O)C/C=C\C/C=C\C/C=C\C/C=C\CCCC(=O)O[C@H](COC(=O)CCCCCCCCCCCCCCCCC(C)C)COP(=O)(O)O. The van der Waals surface area contributed by atoms with E-state index in [-0.39, 0.29) is 25.6 Å². The lowest BCUT2D eigenvalue weighted by Crippen LogP contribution is -2.29. The Morgan fingerprint density at radius 2 is 1.08 bits per heavy atom. The Labute approximate surface area is 323 Å². The topological polar surface area (TPSA) is 140 Å². The molecule has 0 radical (unpaired) electrons. The molecule has 53 heavy (non-hydrogen) atoms. The summed E-state index contributed by atoms with van der Waals surface area (Å²) in [5.41, 5.74) is 0. The first-order chi connectivity index (χ1) is 25.5. The second-order valence-electron chi connectivity index (χ2n) is 14.6. The highest BCUT2D eigenvalue weighted by atomic mass is 31.2. The first kappa shape index (κ1) is 51.0. The second kappa shape index (κ2) is 36.9. The Balaban J connectivity index is 4.03. The molecular formula is C43H77O9P. The fourth-order valence-corrected chi connectivity index (χ4v) is 6.10. The van der Waals surface area contributed by atoms with E-state index in [0.29, 0.717) is 25.7 Å². The molecule has 0 bridgehead atoms. The van der Waals surface area contributed by atoms with E-state index in [2.05, 4.69) is 55.7 Å². The van der Waals surface area contributed by atoms with Crippen LogP contribution in [-0.4, -0.2) is 52.3 Å². The molecule has 9 nitrogen and oxygen atoms in total. The predicted octanol–water partition coefficient (Wildman–Crippen LogP) is 11.6. The molecule has 1 unspecified atom stereocenters. The van der Waals surface area contributed by atoms with E-state index in [1.807, 2.05) is 18.2 Å². The maximum absolute atomic E-state index is 12.4. The summed E-state index contributed by atoms with van der Waals surface area (Å²) in [6.45, 7) is 5.78. The van der Waals surface area contributed by atoms with Crippen molar-refractivity contribution < 1.29 is 43.0 Å². The molecule has 0 heterocycles. The molecule has 0 aromatic carbocycles. The highest BCUT2D eigenvalue weighted by Gasteiger charge is 2.22. The van der Waals surface area contributed by atoms with Gasteiger partial charge in [-0.15, -0.1) is 0 Å². The summed E-state index contributed by atoms with van der Waals surface area (Å²) in [4.78, 5) is 42.8.